The van der Waals surface area contributed by atoms with Crippen LogP contribution in [0.5, 0.6) is 0 Å². The van der Waals surface area contributed by atoms with E-state index in [4.69, 9.17) is 9.47 Å². The second-order valence-electron chi connectivity index (χ2n) is 7.61. The number of rotatable bonds is 4. The van der Waals surface area contributed by atoms with Crippen molar-refractivity contribution in [2.75, 3.05) is 0 Å². The first kappa shape index (κ1) is 18.2. The van der Waals surface area contributed by atoms with Crippen LogP contribution < -0.4 is 0 Å². The molecule has 1 unspecified atom stereocenters. The molecule has 1 aliphatic rings. The van der Waals surface area contributed by atoms with Crippen molar-refractivity contribution in [3.8, 4) is 0 Å². The summed E-state index contributed by atoms with van der Waals surface area (Å²) in [5.74, 6) is -0.146. The van der Waals surface area contributed by atoms with Gasteiger partial charge in [-0.3, -0.25) is 9.59 Å². The van der Waals surface area contributed by atoms with Gasteiger partial charge in [-0.2, -0.15) is 0 Å². The Morgan fingerprint density at radius 2 is 1.67 bits per heavy atom. The molecule has 2 atom stereocenters. The molecular formula is C20H26O4. The zero-order valence-corrected chi connectivity index (χ0v) is 15.3. The van der Waals surface area contributed by atoms with Crippen molar-refractivity contribution >= 4 is 11.9 Å². The zero-order valence-electron chi connectivity index (χ0n) is 15.3. The van der Waals surface area contributed by atoms with Crippen molar-refractivity contribution < 1.29 is 19.1 Å². The molecule has 2 rings (SSSR count). The Bertz CT molecular complexity index is 663. The van der Waals surface area contributed by atoms with Crippen molar-refractivity contribution in [3.63, 3.8) is 0 Å². The molecular weight excluding hydrogens is 304 g/mol. The molecule has 4 nitrogen and oxygen atoms in total. The van der Waals surface area contributed by atoms with Crippen molar-refractivity contribution in [1.29, 1.82) is 0 Å². The molecule has 0 radical (unpaired) electrons. The third kappa shape index (κ3) is 3.69. The fourth-order valence-electron chi connectivity index (χ4n) is 2.79. The molecule has 0 saturated heterocycles. The Kier molecular flexibility index (Phi) is 4.88. The monoisotopic (exact) mass is 330 g/mol. The number of carbonyl (C=O) groups is 2. The van der Waals surface area contributed by atoms with E-state index in [9.17, 15) is 9.59 Å². The summed E-state index contributed by atoms with van der Waals surface area (Å²) in [6.45, 7) is 10.7. The van der Waals surface area contributed by atoms with E-state index in [2.05, 4.69) is 0 Å². The van der Waals surface area contributed by atoms with Crippen LogP contribution in [-0.2, 0) is 24.7 Å². The van der Waals surface area contributed by atoms with Crippen LogP contribution in [0.2, 0.25) is 0 Å². The minimum Gasteiger partial charge on any atom is -0.454 e. The van der Waals surface area contributed by atoms with Crippen LogP contribution in [0.25, 0.3) is 0 Å². The van der Waals surface area contributed by atoms with Crippen molar-refractivity contribution in [2.45, 2.75) is 53.6 Å². The van der Waals surface area contributed by atoms with Gasteiger partial charge in [0.1, 0.15) is 11.4 Å². The van der Waals surface area contributed by atoms with Gasteiger partial charge in [-0.15, -0.1) is 0 Å². The van der Waals surface area contributed by atoms with E-state index < -0.39 is 11.0 Å². The molecule has 1 saturated carbocycles. The lowest BCUT2D eigenvalue weighted by atomic mass is 9.97. The quantitative estimate of drug-likeness (QED) is 0.608. The maximum absolute atomic E-state index is 12.3. The number of hydrogen-bond acceptors (Lipinski definition) is 4. The number of esters is 2. The standard InChI is InChI=1S/C20H26O4/c1-13(2)17(23-18(22)19(4,5)6)16-12-20(16,24-14(3)21)15-10-8-7-9-11-15/h7-11,16H,12H2,1-6H3/t16-,20?/m0/s1. The maximum Gasteiger partial charge on any atom is 0.316 e. The molecule has 130 valence electrons. The largest absolute Gasteiger partial charge is 0.454 e. The molecule has 0 spiro atoms. The van der Waals surface area contributed by atoms with Crippen molar-refractivity contribution in [1.82, 2.24) is 0 Å². The number of carbonyl (C=O) groups excluding carboxylic acids is 2. The van der Waals surface area contributed by atoms with E-state index in [0.29, 0.717) is 12.2 Å². The molecule has 24 heavy (non-hydrogen) atoms. The summed E-state index contributed by atoms with van der Waals surface area (Å²) in [5, 5.41) is 0. The molecule has 0 amide bonds. The van der Waals surface area contributed by atoms with Gasteiger partial charge in [0.15, 0.2) is 0 Å². The smallest absolute Gasteiger partial charge is 0.316 e. The summed E-state index contributed by atoms with van der Waals surface area (Å²) in [6, 6.07) is 9.64. The summed E-state index contributed by atoms with van der Waals surface area (Å²) in [4.78, 5) is 24.0. The molecule has 0 aromatic heterocycles. The fourth-order valence-corrected chi connectivity index (χ4v) is 2.79. The van der Waals surface area contributed by atoms with Gasteiger partial charge in [-0.1, -0.05) is 30.3 Å². The van der Waals surface area contributed by atoms with Crippen LogP contribution in [0, 0.1) is 11.3 Å². The Morgan fingerprint density at radius 1 is 1.08 bits per heavy atom. The molecule has 4 heteroatoms. The molecule has 0 N–H and O–H groups in total. The SMILES string of the molecule is CC(=O)OC1(c2ccccc2)C[C@H]1C(OC(=O)C(C)(C)C)=C(C)C. The molecule has 0 aliphatic heterocycles. The topological polar surface area (TPSA) is 52.6 Å². The first-order valence-electron chi connectivity index (χ1n) is 8.22. The van der Waals surface area contributed by atoms with E-state index in [0.717, 1.165) is 11.1 Å². The summed E-state index contributed by atoms with van der Waals surface area (Å²) >= 11 is 0. The van der Waals surface area contributed by atoms with Gasteiger partial charge in [-0.05, 0) is 45.8 Å². The van der Waals surface area contributed by atoms with Crippen LogP contribution in [0.1, 0.15) is 53.5 Å². The lowest BCUT2D eigenvalue weighted by Crippen LogP contribution is -2.25. The molecule has 1 aromatic rings. The molecule has 1 aromatic carbocycles. The Balaban J connectivity index is 2.34. The summed E-state index contributed by atoms with van der Waals surface area (Å²) in [5.41, 5.74) is 0.517. The minimum atomic E-state index is -0.738. The summed E-state index contributed by atoms with van der Waals surface area (Å²) in [7, 11) is 0. The van der Waals surface area contributed by atoms with Crippen LogP contribution in [0.15, 0.2) is 41.7 Å². The Labute approximate surface area is 143 Å². The van der Waals surface area contributed by atoms with E-state index >= 15 is 0 Å². The first-order chi connectivity index (χ1) is 11.1. The normalized spacial score (nSPS) is 22.5. The third-order valence-corrected chi connectivity index (χ3v) is 4.12. The van der Waals surface area contributed by atoms with Gasteiger partial charge in [0.05, 0.1) is 11.3 Å². The fraction of sp³-hybridized carbons (Fsp3) is 0.500. The highest BCUT2D eigenvalue weighted by Gasteiger charge is 2.62. The average Bonchev–Trinajstić information content (AvgIpc) is 3.18. The van der Waals surface area contributed by atoms with Gasteiger partial charge >= 0.3 is 11.9 Å². The zero-order chi connectivity index (χ0) is 18.1. The van der Waals surface area contributed by atoms with E-state index in [1.165, 1.54) is 6.92 Å². The van der Waals surface area contributed by atoms with E-state index in [-0.39, 0.29) is 17.9 Å². The maximum atomic E-state index is 12.3. The number of hydrogen-bond donors (Lipinski definition) is 0. The number of benzene rings is 1. The predicted molar refractivity (Wildman–Crippen MR) is 91.9 cm³/mol. The Hall–Kier alpha value is -2.10. The van der Waals surface area contributed by atoms with Crippen LogP contribution >= 0.6 is 0 Å². The molecule has 0 heterocycles. The van der Waals surface area contributed by atoms with Gasteiger partial charge < -0.3 is 9.47 Å². The second kappa shape index (κ2) is 6.42. The highest BCUT2D eigenvalue weighted by Crippen LogP contribution is 2.59. The average molecular weight is 330 g/mol. The predicted octanol–water partition coefficient (Wildman–Crippen LogP) is 4.35. The van der Waals surface area contributed by atoms with Gasteiger partial charge in [0, 0.05) is 13.3 Å². The van der Waals surface area contributed by atoms with E-state index in [1.54, 1.807) is 0 Å². The number of allylic oxidation sites excluding steroid dienone is 1. The van der Waals surface area contributed by atoms with Crippen molar-refractivity contribution in [2.24, 2.45) is 11.3 Å². The van der Waals surface area contributed by atoms with Gasteiger partial charge in [0.2, 0.25) is 0 Å². The second-order valence-corrected chi connectivity index (χ2v) is 7.61. The van der Waals surface area contributed by atoms with Gasteiger partial charge in [0.25, 0.3) is 0 Å². The van der Waals surface area contributed by atoms with Crippen LogP contribution in [0.3, 0.4) is 0 Å². The van der Waals surface area contributed by atoms with E-state index in [1.807, 2.05) is 65.0 Å². The third-order valence-electron chi connectivity index (χ3n) is 4.12. The highest BCUT2D eigenvalue weighted by atomic mass is 16.6. The summed E-state index contributed by atoms with van der Waals surface area (Å²) < 4.78 is 11.4. The number of ether oxygens (including phenoxy) is 2. The first-order valence-corrected chi connectivity index (χ1v) is 8.22. The highest BCUT2D eigenvalue weighted by molar-refractivity contribution is 5.76. The summed E-state index contributed by atoms with van der Waals surface area (Å²) in [6.07, 6.45) is 0.620. The van der Waals surface area contributed by atoms with Crippen LogP contribution in [0.4, 0.5) is 0 Å². The lowest BCUT2D eigenvalue weighted by Gasteiger charge is -2.22. The molecule has 0 bridgehead atoms. The van der Waals surface area contributed by atoms with Crippen molar-refractivity contribution in [3.05, 3.63) is 47.2 Å². The minimum absolute atomic E-state index is 0.139. The lowest BCUT2D eigenvalue weighted by molar-refractivity contribution is -0.151. The Morgan fingerprint density at radius 3 is 2.12 bits per heavy atom. The van der Waals surface area contributed by atoms with Gasteiger partial charge in [-0.25, -0.2) is 0 Å². The molecule has 1 aliphatic carbocycles. The van der Waals surface area contributed by atoms with Crippen LogP contribution in [-0.4, -0.2) is 11.9 Å². The molecule has 1 fully saturated rings.